The molecule has 0 unspecified atom stereocenters. The number of esters is 1. The quantitative estimate of drug-likeness (QED) is 0.317. The van der Waals surface area contributed by atoms with Crippen LogP contribution in [0.4, 0.5) is 4.39 Å². The first-order valence-corrected chi connectivity index (χ1v) is 8.22. The van der Waals surface area contributed by atoms with Gasteiger partial charge in [0.05, 0.1) is 26.7 Å². The lowest BCUT2D eigenvalue weighted by Crippen LogP contribution is -2.19. The number of carbonyl (C=O) groups is 3. The molecule has 1 aliphatic heterocycles. The second-order valence-electron chi connectivity index (χ2n) is 5.87. The summed E-state index contributed by atoms with van der Waals surface area (Å²) in [5, 5.41) is 0. The molecule has 1 fully saturated rings. The van der Waals surface area contributed by atoms with Crippen molar-refractivity contribution in [2.75, 3.05) is 20.3 Å². The summed E-state index contributed by atoms with van der Waals surface area (Å²) >= 11 is 0. The number of halogens is 1. The normalized spacial score (nSPS) is 14.3. The number of methoxy groups -OCH3 is 1. The van der Waals surface area contributed by atoms with Crippen molar-refractivity contribution < 1.29 is 37.4 Å². The van der Waals surface area contributed by atoms with Crippen LogP contribution in [-0.4, -0.2) is 37.9 Å². The van der Waals surface area contributed by atoms with Crippen molar-refractivity contribution in [3.05, 3.63) is 58.8 Å². The SMILES string of the molecule is COC(=O)C(=O)CC(=O)c1ccc(Cc2ccc(F)cc2C2OCCO2)o1. The minimum atomic E-state index is -1.08. The summed E-state index contributed by atoms with van der Waals surface area (Å²) in [7, 11) is 1.06. The van der Waals surface area contributed by atoms with Gasteiger partial charge in [-0.2, -0.15) is 0 Å². The summed E-state index contributed by atoms with van der Waals surface area (Å²) in [5.74, 6) is -2.67. The van der Waals surface area contributed by atoms with E-state index in [-0.39, 0.29) is 12.2 Å². The zero-order valence-electron chi connectivity index (χ0n) is 14.5. The Hall–Kier alpha value is -2.84. The van der Waals surface area contributed by atoms with Crippen molar-refractivity contribution in [2.24, 2.45) is 0 Å². The Kier molecular flexibility index (Phi) is 5.78. The van der Waals surface area contributed by atoms with Gasteiger partial charge in [0, 0.05) is 12.0 Å². The van der Waals surface area contributed by atoms with Gasteiger partial charge in [-0.1, -0.05) is 6.07 Å². The molecule has 0 atom stereocenters. The maximum atomic E-state index is 13.6. The van der Waals surface area contributed by atoms with Gasteiger partial charge in [0.15, 0.2) is 12.1 Å². The number of rotatable bonds is 7. The minimum absolute atomic E-state index is 0.0423. The van der Waals surface area contributed by atoms with Crippen LogP contribution < -0.4 is 0 Å². The van der Waals surface area contributed by atoms with E-state index in [1.54, 1.807) is 12.1 Å². The van der Waals surface area contributed by atoms with E-state index in [1.165, 1.54) is 18.2 Å². The van der Waals surface area contributed by atoms with Crippen molar-refractivity contribution in [3.63, 3.8) is 0 Å². The highest BCUT2D eigenvalue weighted by atomic mass is 19.1. The summed E-state index contributed by atoms with van der Waals surface area (Å²) in [6, 6.07) is 7.26. The molecule has 3 rings (SSSR count). The first-order valence-electron chi connectivity index (χ1n) is 8.22. The van der Waals surface area contributed by atoms with Gasteiger partial charge in [-0.15, -0.1) is 0 Å². The van der Waals surface area contributed by atoms with Crippen LogP contribution in [0, 0.1) is 5.82 Å². The third-order valence-corrected chi connectivity index (χ3v) is 4.02. The molecule has 1 saturated heterocycles. The molecular formula is C19H17FO7. The second kappa shape index (κ2) is 8.24. The third kappa shape index (κ3) is 4.47. The fraction of sp³-hybridized carbons (Fsp3) is 0.316. The summed E-state index contributed by atoms with van der Waals surface area (Å²) in [4.78, 5) is 34.6. The molecule has 8 heteroatoms. The maximum Gasteiger partial charge on any atom is 0.374 e. The molecule has 1 aliphatic rings. The molecule has 0 bridgehead atoms. The predicted octanol–water partition coefficient (Wildman–Crippen LogP) is 2.37. The Balaban J connectivity index is 1.73. The summed E-state index contributed by atoms with van der Waals surface area (Å²) in [6.07, 6.45) is -1.01. The average Bonchev–Trinajstić information content (AvgIpc) is 3.34. The zero-order chi connectivity index (χ0) is 19.4. The van der Waals surface area contributed by atoms with Crippen LogP contribution in [0.25, 0.3) is 0 Å². The first kappa shape index (κ1) is 18.9. The molecule has 0 amide bonds. The molecule has 1 aromatic heterocycles. The van der Waals surface area contributed by atoms with Gasteiger partial charge >= 0.3 is 5.97 Å². The summed E-state index contributed by atoms with van der Waals surface area (Å²) < 4.78 is 34.3. The van der Waals surface area contributed by atoms with Crippen LogP contribution in [0.15, 0.2) is 34.7 Å². The fourth-order valence-electron chi connectivity index (χ4n) is 2.71. The van der Waals surface area contributed by atoms with Crippen molar-refractivity contribution in [3.8, 4) is 0 Å². The van der Waals surface area contributed by atoms with Crippen LogP contribution in [0.5, 0.6) is 0 Å². The molecule has 2 heterocycles. The van der Waals surface area contributed by atoms with Gasteiger partial charge in [0.2, 0.25) is 11.6 Å². The van der Waals surface area contributed by atoms with Crippen molar-refractivity contribution >= 4 is 17.5 Å². The zero-order valence-corrected chi connectivity index (χ0v) is 14.5. The number of hydrogen-bond donors (Lipinski definition) is 0. The summed E-state index contributed by atoms with van der Waals surface area (Å²) in [5.41, 5.74) is 1.28. The number of Topliss-reactive ketones (excluding diaryl/α,β-unsaturated/α-hetero) is 2. The standard InChI is InChI=1S/C19H17FO7/c1-24-18(23)16(22)10-15(21)17-5-4-13(27-17)8-11-2-3-12(20)9-14(11)19-25-6-7-26-19/h2-5,9,19H,6-8,10H2,1H3. The van der Waals surface area contributed by atoms with Gasteiger partial charge in [0.25, 0.3) is 0 Å². The van der Waals surface area contributed by atoms with Crippen LogP contribution >= 0.6 is 0 Å². The van der Waals surface area contributed by atoms with Gasteiger partial charge in [-0.3, -0.25) is 9.59 Å². The first-order chi connectivity index (χ1) is 13.0. The van der Waals surface area contributed by atoms with E-state index in [0.717, 1.165) is 12.7 Å². The number of hydrogen-bond acceptors (Lipinski definition) is 7. The van der Waals surface area contributed by atoms with E-state index in [1.807, 2.05) is 0 Å². The topological polar surface area (TPSA) is 92.0 Å². The predicted molar refractivity (Wildman–Crippen MR) is 88.5 cm³/mol. The van der Waals surface area contributed by atoms with E-state index in [2.05, 4.69) is 4.74 Å². The van der Waals surface area contributed by atoms with Crippen LogP contribution in [0.3, 0.4) is 0 Å². The number of carbonyl (C=O) groups excluding carboxylic acids is 3. The average molecular weight is 376 g/mol. The number of ether oxygens (including phenoxy) is 3. The van der Waals surface area contributed by atoms with Crippen LogP contribution in [-0.2, 0) is 30.2 Å². The van der Waals surface area contributed by atoms with Crippen molar-refractivity contribution in [2.45, 2.75) is 19.1 Å². The lowest BCUT2D eigenvalue weighted by Gasteiger charge is -2.14. The Morgan fingerprint density at radius 2 is 1.89 bits per heavy atom. The van der Waals surface area contributed by atoms with Crippen molar-refractivity contribution in [1.82, 2.24) is 0 Å². The molecule has 7 nitrogen and oxygen atoms in total. The van der Waals surface area contributed by atoms with Gasteiger partial charge < -0.3 is 18.6 Å². The fourth-order valence-corrected chi connectivity index (χ4v) is 2.71. The largest absolute Gasteiger partial charge is 0.463 e. The van der Waals surface area contributed by atoms with E-state index in [9.17, 15) is 18.8 Å². The highest BCUT2D eigenvalue weighted by Crippen LogP contribution is 2.29. The Bertz CT molecular complexity index is 865. The third-order valence-electron chi connectivity index (χ3n) is 4.02. The van der Waals surface area contributed by atoms with Crippen LogP contribution in [0.1, 0.15) is 40.2 Å². The van der Waals surface area contributed by atoms with Gasteiger partial charge in [-0.25, -0.2) is 9.18 Å². The lowest BCUT2D eigenvalue weighted by atomic mass is 10.0. The molecule has 0 N–H and O–H groups in total. The Morgan fingerprint density at radius 1 is 1.15 bits per heavy atom. The highest BCUT2D eigenvalue weighted by molar-refractivity contribution is 6.37. The van der Waals surface area contributed by atoms with Gasteiger partial charge in [0.1, 0.15) is 11.6 Å². The number of ketones is 2. The van der Waals surface area contributed by atoms with Crippen LogP contribution in [0.2, 0.25) is 0 Å². The molecule has 1 aromatic carbocycles. The summed E-state index contributed by atoms with van der Waals surface area (Å²) in [6.45, 7) is 0.850. The van der Waals surface area contributed by atoms with Crippen molar-refractivity contribution in [1.29, 1.82) is 0 Å². The molecular weight excluding hydrogens is 359 g/mol. The Morgan fingerprint density at radius 3 is 2.59 bits per heavy atom. The molecule has 27 heavy (non-hydrogen) atoms. The van der Waals surface area contributed by atoms with E-state index in [4.69, 9.17) is 13.9 Å². The molecule has 142 valence electrons. The molecule has 0 radical (unpaired) electrons. The number of furan rings is 1. The molecule has 2 aromatic rings. The minimum Gasteiger partial charge on any atom is -0.463 e. The van der Waals surface area contributed by atoms with E-state index < -0.39 is 36.1 Å². The molecule has 0 saturated carbocycles. The van der Waals surface area contributed by atoms with Gasteiger partial charge in [-0.05, 0) is 29.8 Å². The highest BCUT2D eigenvalue weighted by Gasteiger charge is 2.24. The van der Waals surface area contributed by atoms with E-state index in [0.29, 0.717) is 24.5 Å². The monoisotopic (exact) mass is 376 g/mol. The smallest absolute Gasteiger partial charge is 0.374 e. The Labute approximate surface area is 154 Å². The lowest BCUT2D eigenvalue weighted by molar-refractivity contribution is -0.151. The second-order valence-corrected chi connectivity index (χ2v) is 5.87. The molecule has 0 spiro atoms. The van der Waals surface area contributed by atoms with E-state index >= 15 is 0 Å². The molecule has 0 aliphatic carbocycles. The maximum absolute atomic E-state index is 13.6. The number of benzene rings is 1.